The third-order valence-electron chi connectivity index (χ3n) is 5.15. The highest BCUT2D eigenvalue weighted by molar-refractivity contribution is 5.95. The molecule has 0 aromatic carbocycles. The predicted octanol–water partition coefficient (Wildman–Crippen LogP) is 1.58. The molecule has 0 radical (unpaired) electrons. The molecule has 0 spiro atoms. The van der Waals surface area contributed by atoms with Crippen molar-refractivity contribution in [3.63, 3.8) is 0 Å². The Morgan fingerprint density at radius 1 is 0.962 bits per heavy atom. The number of nitrogens with one attached hydrogen (secondary N) is 2. The number of nitrogens with zero attached hydrogens (tertiary/aromatic N) is 2. The van der Waals surface area contributed by atoms with Crippen molar-refractivity contribution in [1.82, 2.24) is 20.4 Å². The minimum atomic E-state index is -0.435. The van der Waals surface area contributed by atoms with Gasteiger partial charge in [-0.3, -0.25) is 19.8 Å². The molecule has 0 saturated carbocycles. The fraction of sp³-hybridized carbons (Fsp3) is 0.842. The van der Waals surface area contributed by atoms with Gasteiger partial charge in [0.25, 0.3) is 0 Å². The van der Waals surface area contributed by atoms with E-state index in [2.05, 4.69) is 10.6 Å². The van der Waals surface area contributed by atoms with E-state index in [-0.39, 0.29) is 18.4 Å². The number of hydrogen-bond donors (Lipinski definition) is 2. The zero-order valence-electron chi connectivity index (χ0n) is 16.3. The van der Waals surface area contributed by atoms with Gasteiger partial charge in [-0.05, 0) is 44.7 Å². The van der Waals surface area contributed by atoms with Gasteiger partial charge in [-0.15, -0.1) is 0 Å². The Bertz CT molecular complexity index is 479. The van der Waals surface area contributed by atoms with E-state index >= 15 is 0 Å². The van der Waals surface area contributed by atoms with Crippen LogP contribution in [0, 0.1) is 11.8 Å². The van der Waals surface area contributed by atoms with Gasteiger partial charge in [0.1, 0.15) is 0 Å². The first-order valence-electron chi connectivity index (χ1n) is 10.0. The molecule has 0 unspecified atom stereocenters. The molecule has 7 nitrogen and oxygen atoms in total. The van der Waals surface area contributed by atoms with E-state index in [4.69, 9.17) is 0 Å². The second-order valence-electron chi connectivity index (χ2n) is 7.94. The van der Waals surface area contributed by atoms with Crippen LogP contribution in [0.25, 0.3) is 0 Å². The summed E-state index contributed by atoms with van der Waals surface area (Å²) < 4.78 is 0. The van der Waals surface area contributed by atoms with Crippen LogP contribution in [0.15, 0.2) is 0 Å². The molecule has 2 rings (SSSR count). The van der Waals surface area contributed by atoms with Crippen LogP contribution >= 0.6 is 0 Å². The first-order chi connectivity index (χ1) is 12.5. The third-order valence-corrected chi connectivity index (χ3v) is 5.15. The molecule has 2 aliphatic rings. The van der Waals surface area contributed by atoms with Crippen LogP contribution in [0.1, 0.15) is 52.4 Å². The standard InChI is InChI=1S/C19H34N4O3/c1-15(2)13-20-19(26)21-17(24)14-22-11-7-16(8-12-22)18(25)23-9-5-3-4-6-10-23/h15-16H,3-14H2,1-2H3,(H2,20,21,24,26). The lowest BCUT2D eigenvalue weighted by Crippen LogP contribution is -2.48. The molecular formula is C19H34N4O3. The smallest absolute Gasteiger partial charge is 0.321 e. The number of imide groups is 1. The summed E-state index contributed by atoms with van der Waals surface area (Å²) in [6, 6.07) is -0.435. The van der Waals surface area contributed by atoms with Crippen molar-refractivity contribution >= 4 is 17.8 Å². The summed E-state index contributed by atoms with van der Waals surface area (Å²) in [5.74, 6) is 0.436. The van der Waals surface area contributed by atoms with Crippen LogP contribution < -0.4 is 10.6 Å². The highest BCUT2D eigenvalue weighted by Gasteiger charge is 2.29. The molecule has 4 amide bonds. The lowest BCUT2D eigenvalue weighted by molar-refractivity contribution is -0.137. The molecule has 2 aliphatic heterocycles. The Labute approximate surface area is 156 Å². The first-order valence-corrected chi connectivity index (χ1v) is 10.0. The van der Waals surface area contributed by atoms with Crippen LogP contribution in [0.3, 0.4) is 0 Å². The van der Waals surface area contributed by atoms with Gasteiger partial charge in [-0.1, -0.05) is 26.7 Å². The molecule has 148 valence electrons. The molecule has 0 bridgehead atoms. The molecule has 2 heterocycles. The molecule has 0 aromatic rings. The largest absolute Gasteiger partial charge is 0.342 e. The number of urea groups is 1. The van der Waals surface area contributed by atoms with Gasteiger partial charge < -0.3 is 10.2 Å². The highest BCUT2D eigenvalue weighted by Crippen LogP contribution is 2.21. The minimum Gasteiger partial charge on any atom is -0.342 e. The summed E-state index contributed by atoms with van der Waals surface area (Å²) in [5, 5.41) is 5.04. The van der Waals surface area contributed by atoms with Crippen molar-refractivity contribution in [2.24, 2.45) is 11.8 Å². The van der Waals surface area contributed by atoms with Crippen molar-refractivity contribution in [2.45, 2.75) is 52.4 Å². The SMILES string of the molecule is CC(C)CNC(=O)NC(=O)CN1CCC(C(=O)N2CCCCCC2)CC1. The van der Waals surface area contributed by atoms with E-state index < -0.39 is 6.03 Å². The Hall–Kier alpha value is -1.63. The van der Waals surface area contributed by atoms with Crippen LogP contribution in [-0.2, 0) is 9.59 Å². The Balaban J connectivity index is 1.68. The van der Waals surface area contributed by atoms with E-state index in [1.165, 1.54) is 12.8 Å². The summed E-state index contributed by atoms with van der Waals surface area (Å²) in [5.41, 5.74) is 0. The third kappa shape index (κ3) is 6.94. The molecule has 2 N–H and O–H groups in total. The average Bonchev–Trinajstić information content (AvgIpc) is 2.89. The minimum absolute atomic E-state index is 0.0850. The van der Waals surface area contributed by atoms with Gasteiger partial charge >= 0.3 is 6.03 Å². The van der Waals surface area contributed by atoms with E-state index in [0.717, 1.165) is 51.9 Å². The monoisotopic (exact) mass is 366 g/mol. The number of carbonyl (C=O) groups is 3. The van der Waals surface area contributed by atoms with Gasteiger partial charge in [0.05, 0.1) is 6.54 Å². The Kier molecular flexibility index (Phi) is 8.35. The fourth-order valence-corrected chi connectivity index (χ4v) is 3.60. The van der Waals surface area contributed by atoms with Crippen molar-refractivity contribution < 1.29 is 14.4 Å². The lowest BCUT2D eigenvalue weighted by atomic mass is 9.95. The highest BCUT2D eigenvalue weighted by atomic mass is 16.2. The fourth-order valence-electron chi connectivity index (χ4n) is 3.60. The second kappa shape index (κ2) is 10.5. The van der Waals surface area contributed by atoms with Crippen LogP contribution in [0.2, 0.25) is 0 Å². The van der Waals surface area contributed by atoms with E-state index in [0.29, 0.717) is 18.4 Å². The maximum atomic E-state index is 12.7. The summed E-state index contributed by atoms with van der Waals surface area (Å²) in [4.78, 5) is 40.4. The molecule has 7 heteroatoms. The molecule has 0 aromatic heterocycles. The van der Waals surface area contributed by atoms with E-state index in [9.17, 15) is 14.4 Å². The topological polar surface area (TPSA) is 81.8 Å². The number of rotatable bonds is 5. The number of carbonyl (C=O) groups excluding carboxylic acids is 3. The van der Waals surface area contributed by atoms with Gasteiger partial charge in [0, 0.05) is 25.6 Å². The summed E-state index contributed by atoms with van der Waals surface area (Å²) in [7, 11) is 0. The number of hydrogen-bond acceptors (Lipinski definition) is 4. The first kappa shape index (κ1) is 20.7. The van der Waals surface area contributed by atoms with Crippen LogP contribution in [-0.4, -0.2) is 66.9 Å². The Morgan fingerprint density at radius 3 is 2.15 bits per heavy atom. The van der Waals surface area contributed by atoms with Gasteiger partial charge in [-0.25, -0.2) is 4.79 Å². The number of amides is 4. The zero-order chi connectivity index (χ0) is 18.9. The van der Waals surface area contributed by atoms with Crippen LogP contribution in [0.5, 0.6) is 0 Å². The van der Waals surface area contributed by atoms with E-state index in [1.54, 1.807) is 0 Å². The van der Waals surface area contributed by atoms with Gasteiger partial charge in [-0.2, -0.15) is 0 Å². The van der Waals surface area contributed by atoms with Crippen molar-refractivity contribution in [3.05, 3.63) is 0 Å². The second-order valence-corrected chi connectivity index (χ2v) is 7.94. The average molecular weight is 367 g/mol. The Morgan fingerprint density at radius 2 is 1.58 bits per heavy atom. The molecule has 2 fully saturated rings. The van der Waals surface area contributed by atoms with Gasteiger partial charge in [0.2, 0.25) is 11.8 Å². The quantitative estimate of drug-likeness (QED) is 0.774. The summed E-state index contributed by atoms with van der Waals surface area (Å²) >= 11 is 0. The zero-order valence-corrected chi connectivity index (χ0v) is 16.3. The molecular weight excluding hydrogens is 332 g/mol. The molecule has 26 heavy (non-hydrogen) atoms. The number of piperidine rings is 1. The van der Waals surface area contributed by atoms with Crippen LogP contribution in [0.4, 0.5) is 4.79 Å². The predicted molar refractivity (Wildman–Crippen MR) is 101 cm³/mol. The summed E-state index contributed by atoms with van der Waals surface area (Å²) in [6.07, 6.45) is 6.27. The number of likely N-dealkylation sites (tertiary alicyclic amines) is 2. The van der Waals surface area contributed by atoms with Gasteiger partial charge in [0.15, 0.2) is 0 Å². The molecule has 0 atom stereocenters. The maximum absolute atomic E-state index is 12.7. The molecule has 2 saturated heterocycles. The lowest BCUT2D eigenvalue weighted by Gasteiger charge is -2.33. The van der Waals surface area contributed by atoms with Crippen molar-refractivity contribution in [3.8, 4) is 0 Å². The van der Waals surface area contributed by atoms with Crippen molar-refractivity contribution in [1.29, 1.82) is 0 Å². The van der Waals surface area contributed by atoms with Crippen molar-refractivity contribution in [2.75, 3.05) is 39.3 Å². The van der Waals surface area contributed by atoms with E-state index in [1.807, 2.05) is 23.6 Å². The summed E-state index contributed by atoms with van der Waals surface area (Å²) in [6.45, 7) is 8.00. The molecule has 0 aliphatic carbocycles. The normalized spacial score (nSPS) is 19.9. The maximum Gasteiger partial charge on any atom is 0.321 e.